The molecule has 2 aromatic carbocycles. The molecule has 0 spiro atoms. The fraction of sp³-hybridized carbons (Fsp3) is 0.400. The highest BCUT2D eigenvalue weighted by molar-refractivity contribution is 5.85. The van der Waals surface area contributed by atoms with Crippen LogP contribution in [-0.2, 0) is 13.1 Å². The zero-order valence-electron chi connectivity index (χ0n) is 17.3. The third-order valence-electron chi connectivity index (χ3n) is 6.40. The molecule has 5 rings (SSSR count). The molecular formula is C25H28N2O3. The average Bonchev–Trinajstić information content (AvgIpc) is 3.46. The summed E-state index contributed by atoms with van der Waals surface area (Å²) in [6, 6.07) is 13.1. The first kappa shape index (κ1) is 19.3. The summed E-state index contributed by atoms with van der Waals surface area (Å²) in [6.45, 7) is 5.40. The zero-order chi connectivity index (χ0) is 20.5. The molecule has 1 aromatic heterocycles. The van der Waals surface area contributed by atoms with Gasteiger partial charge in [0.1, 0.15) is 17.1 Å². The van der Waals surface area contributed by atoms with Crippen molar-refractivity contribution in [3.63, 3.8) is 0 Å². The van der Waals surface area contributed by atoms with Gasteiger partial charge in [0.15, 0.2) is 5.43 Å². The van der Waals surface area contributed by atoms with E-state index in [4.69, 9.17) is 4.42 Å². The molecule has 3 heterocycles. The van der Waals surface area contributed by atoms with Crippen LogP contribution in [0.4, 0.5) is 0 Å². The van der Waals surface area contributed by atoms with Crippen molar-refractivity contribution >= 4 is 11.0 Å². The van der Waals surface area contributed by atoms with E-state index in [1.165, 1.54) is 25.7 Å². The van der Waals surface area contributed by atoms with Gasteiger partial charge in [-0.3, -0.25) is 14.6 Å². The smallest absolute Gasteiger partial charge is 0.193 e. The summed E-state index contributed by atoms with van der Waals surface area (Å²) in [7, 11) is 0. The van der Waals surface area contributed by atoms with Crippen molar-refractivity contribution in [1.29, 1.82) is 0 Å². The van der Waals surface area contributed by atoms with Crippen LogP contribution in [0.25, 0.3) is 22.3 Å². The first-order chi connectivity index (χ1) is 14.7. The van der Waals surface area contributed by atoms with E-state index in [2.05, 4.69) is 9.80 Å². The fourth-order valence-corrected chi connectivity index (χ4v) is 4.77. The lowest BCUT2D eigenvalue weighted by molar-refractivity contribution is 0.312. The van der Waals surface area contributed by atoms with Gasteiger partial charge >= 0.3 is 0 Å². The number of rotatable bonds is 5. The number of phenols is 1. The molecular weight excluding hydrogens is 376 g/mol. The quantitative estimate of drug-likeness (QED) is 0.685. The van der Waals surface area contributed by atoms with Crippen LogP contribution in [0, 0.1) is 0 Å². The zero-order valence-corrected chi connectivity index (χ0v) is 17.3. The molecule has 0 atom stereocenters. The van der Waals surface area contributed by atoms with Crippen LogP contribution in [0.3, 0.4) is 0 Å². The Morgan fingerprint density at radius 3 is 2.17 bits per heavy atom. The molecule has 1 N–H and O–H groups in total. The van der Waals surface area contributed by atoms with Crippen molar-refractivity contribution in [2.75, 3.05) is 26.2 Å². The summed E-state index contributed by atoms with van der Waals surface area (Å²) in [5, 5.41) is 11.8. The van der Waals surface area contributed by atoms with Crippen LogP contribution in [0.5, 0.6) is 5.75 Å². The molecule has 3 aromatic rings. The highest BCUT2D eigenvalue weighted by Crippen LogP contribution is 2.35. The van der Waals surface area contributed by atoms with Gasteiger partial charge in [-0.2, -0.15) is 0 Å². The molecule has 0 saturated carbocycles. The maximum absolute atomic E-state index is 13.1. The summed E-state index contributed by atoms with van der Waals surface area (Å²) < 4.78 is 6.28. The molecule has 156 valence electrons. The number of phenolic OH excluding ortho intramolecular Hbond substituents is 1. The second-order valence-corrected chi connectivity index (χ2v) is 8.55. The number of likely N-dealkylation sites (tertiary alicyclic amines) is 2. The molecule has 0 unspecified atom stereocenters. The number of hydrogen-bond donors (Lipinski definition) is 1. The normalized spacial score (nSPS) is 17.9. The number of benzene rings is 2. The summed E-state index contributed by atoms with van der Waals surface area (Å²) in [5.41, 5.74) is 2.91. The predicted molar refractivity (Wildman–Crippen MR) is 119 cm³/mol. The van der Waals surface area contributed by atoms with E-state index >= 15 is 0 Å². The van der Waals surface area contributed by atoms with Gasteiger partial charge in [0.2, 0.25) is 0 Å². The van der Waals surface area contributed by atoms with E-state index in [0.29, 0.717) is 29.8 Å². The summed E-state index contributed by atoms with van der Waals surface area (Å²) in [6.07, 6.45) is 4.73. The van der Waals surface area contributed by atoms with Crippen molar-refractivity contribution < 1.29 is 9.52 Å². The third kappa shape index (κ3) is 3.75. The van der Waals surface area contributed by atoms with Crippen molar-refractivity contribution in [1.82, 2.24) is 9.80 Å². The highest BCUT2D eigenvalue weighted by atomic mass is 16.3. The summed E-state index contributed by atoms with van der Waals surface area (Å²) in [4.78, 5) is 17.8. The average molecular weight is 405 g/mol. The molecule has 5 nitrogen and oxygen atoms in total. The first-order valence-electron chi connectivity index (χ1n) is 11.0. The Kier molecular flexibility index (Phi) is 5.32. The highest BCUT2D eigenvalue weighted by Gasteiger charge is 2.23. The van der Waals surface area contributed by atoms with Gasteiger partial charge in [0, 0.05) is 30.3 Å². The lowest BCUT2D eigenvalue weighted by atomic mass is 10.0. The van der Waals surface area contributed by atoms with E-state index < -0.39 is 0 Å². The predicted octanol–water partition coefficient (Wildman–Crippen LogP) is 4.36. The van der Waals surface area contributed by atoms with E-state index in [1.807, 2.05) is 36.4 Å². The molecule has 2 aliphatic rings. The maximum Gasteiger partial charge on any atom is 0.193 e. The second-order valence-electron chi connectivity index (χ2n) is 8.55. The second kappa shape index (κ2) is 8.25. The summed E-state index contributed by atoms with van der Waals surface area (Å²) in [5.74, 6) is 0.831. The fourth-order valence-electron chi connectivity index (χ4n) is 4.77. The van der Waals surface area contributed by atoms with Gasteiger partial charge in [-0.15, -0.1) is 0 Å². The minimum Gasteiger partial charge on any atom is -0.507 e. The van der Waals surface area contributed by atoms with Gasteiger partial charge in [-0.25, -0.2) is 0 Å². The van der Waals surface area contributed by atoms with Crippen LogP contribution < -0.4 is 5.43 Å². The van der Waals surface area contributed by atoms with Crippen molar-refractivity contribution in [3.8, 4) is 17.1 Å². The molecule has 0 aliphatic carbocycles. The number of fused-ring (bicyclic) bond motifs is 1. The van der Waals surface area contributed by atoms with E-state index in [9.17, 15) is 9.90 Å². The lowest BCUT2D eigenvalue weighted by Crippen LogP contribution is -2.21. The molecule has 2 fully saturated rings. The van der Waals surface area contributed by atoms with Gasteiger partial charge in [0.05, 0.1) is 10.9 Å². The SMILES string of the molecule is O=c1cc(-c2ccccc2)oc2c(CN3CCCC3)c(O)c(CN3CCCC3)cc12. The molecule has 2 aliphatic heterocycles. The van der Waals surface area contributed by atoms with Gasteiger partial charge in [0.25, 0.3) is 0 Å². The third-order valence-corrected chi connectivity index (χ3v) is 6.40. The topological polar surface area (TPSA) is 56.9 Å². The van der Waals surface area contributed by atoms with E-state index in [0.717, 1.165) is 42.9 Å². The first-order valence-corrected chi connectivity index (χ1v) is 11.0. The Balaban J connectivity index is 1.65. The molecule has 2 saturated heterocycles. The summed E-state index contributed by atoms with van der Waals surface area (Å²) >= 11 is 0. The van der Waals surface area contributed by atoms with Crippen molar-refractivity contribution in [2.45, 2.75) is 38.8 Å². The van der Waals surface area contributed by atoms with Gasteiger partial charge in [-0.1, -0.05) is 30.3 Å². The van der Waals surface area contributed by atoms with Gasteiger partial charge < -0.3 is 9.52 Å². The Hall–Kier alpha value is -2.63. The van der Waals surface area contributed by atoms with Crippen LogP contribution >= 0.6 is 0 Å². The van der Waals surface area contributed by atoms with Crippen LogP contribution in [0.2, 0.25) is 0 Å². The standard InChI is InChI=1S/C25H28N2O3/c28-22-15-23(18-8-2-1-3-9-18)30-25-20(22)14-19(16-26-10-4-5-11-26)24(29)21(25)17-27-12-6-7-13-27/h1-3,8-9,14-15,29H,4-7,10-13,16-17H2. The van der Waals surface area contributed by atoms with Crippen LogP contribution in [-0.4, -0.2) is 41.1 Å². The number of aromatic hydroxyl groups is 1. The maximum atomic E-state index is 13.1. The number of nitrogens with zero attached hydrogens (tertiary/aromatic N) is 2. The minimum atomic E-state index is -0.0551. The Labute approximate surface area is 176 Å². The molecule has 5 heteroatoms. The van der Waals surface area contributed by atoms with Gasteiger partial charge in [-0.05, 0) is 57.9 Å². The van der Waals surface area contributed by atoms with Crippen LogP contribution in [0.1, 0.15) is 36.8 Å². The van der Waals surface area contributed by atoms with Crippen molar-refractivity contribution in [3.05, 3.63) is 63.8 Å². The van der Waals surface area contributed by atoms with E-state index in [-0.39, 0.29) is 11.2 Å². The van der Waals surface area contributed by atoms with Crippen LogP contribution in [0.15, 0.2) is 51.7 Å². The largest absolute Gasteiger partial charge is 0.507 e. The number of hydrogen-bond acceptors (Lipinski definition) is 5. The molecule has 0 radical (unpaired) electrons. The molecule has 0 bridgehead atoms. The Morgan fingerprint density at radius 1 is 0.867 bits per heavy atom. The molecule has 30 heavy (non-hydrogen) atoms. The van der Waals surface area contributed by atoms with Crippen molar-refractivity contribution in [2.24, 2.45) is 0 Å². The Morgan fingerprint density at radius 2 is 1.50 bits per heavy atom. The van der Waals surface area contributed by atoms with E-state index in [1.54, 1.807) is 6.07 Å². The minimum absolute atomic E-state index is 0.0551. The lowest BCUT2D eigenvalue weighted by Gasteiger charge is -2.21. The monoisotopic (exact) mass is 404 g/mol. The molecule has 0 amide bonds. The Bertz CT molecular complexity index is 1090.